The molecule has 0 spiro atoms. The maximum absolute atomic E-state index is 12.7. The second-order valence-electron chi connectivity index (χ2n) is 9.18. The second-order valence-corrected chi connectivity index (χ2v) is 9.18. The molecule has 0 aromatic heterocycles. The summed E-state index contributed by atoms with van der Waals surface area (Å²) in [5.74, 6) is -0.617. The first-order chi connectivity index (χ1) is 15.0. The summed E-state index contributed by atoms with van der Waals surface area (Å²) in [6, 6.07) is 16.0. The van der Waals surface area contributed by atoms with E-state index in [1.54, 1.807) is 27.7 Å². The Labute approximate surface area is 192 Å². The molecule has 0 saturated carbocycles. The van der Waals surface area contributed by atoms with Crippen molar-refractivity contribution in [3.63, 3.8) is 0 Å². The lowest BCUT2D eigenvalue weighted by Gasteiger charge is -2.27. The van der Waals surface area contributed by atoms with Crippen LogP contribution in [0.4, 0.5) is 4.79 Å². The Bertz CT molecular complexity index is 834. The van der Waals surface area contributed by atoms with Crippen LogP contribution in [-0.2, 0) is 27.1 Å². The van der Waals surface area contributed by atoms with E-state index in [1.807, 2.05) is 6.92 Å². The van der Waals surface area contributed by atoms with Crippen molar-refractivity contribution in [2.24, 2.45) is 0 Å². The van der Waals surface area contributed by atoms with E-state index in [0.29, 0.717) is 0 Å². The molecule has 0 heterocycles. The molecule has 5 nitrogen and oxygen atoms in total. The van der Waals surface area contributed by atoms with Gasteiger partial charge in [0.15, 0.2) is 0 Å². The lowest BCUT2D eigenvalue weighted by atomic mass is 9.86. The van der Waals surface area contributed by atoms with Crippen molar-refractivity contribution >= 4 is 12.1 Å². The van der Waals surface area contributed by atoms with Crippen LogP contribution in [0.5, 0.6) is 0 Å². The summed E-state index contributed by atoms with van der Waals surface area (Å²) in [6.45, 7) is 13.1. The van der Waals surface area contributed by atoms with Crippen LogP contribution in [0.1, 0.15) is 76.6 Å². The highest BCUT2D eigenvalue weighted by Gasteiger charge is 2.28. The zero-order valence-electron chi connectivity index (χ0n) is 20.4. The number of aryl methyl sites for hydroxylation is 2. The van der Waals surface area contributed by atoms with E-state index in [4.69, 9.17) is 9.47 Å². The first kappa shape index (κ1) is 25.4. The molecule has 0 radical (unpaired) electrons. The van der Waals surface area contributed by atoms with Gasteiger partial charge in [-0.2, -0.15) is 0 Å². The third-order valence-corrected chi connectivity index (χ3v) is 5.35. The fourth-order valence-corrected chi connectivity index (χ4v) is 3.55. The van der Waals surface area contributed by atoms with Crippen LogP contribution in [0.3, 0.4) is 0 Å². The third-order valence-electron chi connectivity index (χ3n) is 5.35. The largest absolute Gasteiger partial charge is 0.460 e. The number of hydrogen-bond donors (Lipinski definition) is 1. The van der Waals surface area contributed by atoms with Gasteiger partial charge in [0, 0.05) is 5.92 Å². The molecule has 0 unspecified atom stereocenters. The second kappa shape index (κ2) is 11.2. The van der Waals surface area contributed by atoms with Gasteiger partial charge in [-0.3, -0.25) is 0 Å². The van der Waals surface area contributed by atoms with Crippen molar-refractivity contribution in [2.75, 3.05) is 0 Å². The Morgan fingerprint density at radius 1 is 0.844 bits per heavy atom. The van der Waals surface area contributed by atoms with Crippen molar-refractivity contribution in [1.29, 1.82) is 0 Å². The van der Waals surface area contributed by atoms with E-state index in [9.17, 15) is 9.59 Å². The predicted molar refractivity (Wildman–Crippen MR) is 128 cm³/mol. The number of alkyl carbamates (subject to hydrolysis) is 1. The molecule has 5 heteroatoms. The molecule has 1 N–H and O–H groups in total. The topological polar surface area (TPSA) is 64.6 Å². The van der Waals surface area contributed by atoms with Gasteiger partial charge in [0.1, 0.15) is 17.7 Å². The molecule has 2 atom stereocenters. The number of amides is 1. The third kappa shape index (κ3) is 7.40. The Morgan fingerprint density at radius 2 is 1.28 bits per heavy atom. The number of esters is 1. The maximum Gasteiger partial charge on any atom is 0.408 e. The summed E-state index contributed by atoms with van der Waals surface area (Å²) < 4.78 is 11.1. The maximum atomic E-state index is 12.7. The summed E-state index contributed by atoms with van der Waals surface area (Å²) in [4.78, 5) is 24.7. The molecular formula is C27H37NO4. The number of hydrogen-bond acceptors (Lipinski definition) is 4. The molecule has 0 aliphatic carbocycles. The normalized spacial score (nSPS) is 13.4. The van der Waals surface area contributed by atoms with Gasteiger partial charge in [0.2, 0.25) is 0 Å². The quantitative estimate of drug-likeness (QED) is 0.529. The number of rotatable bonds is 8. The van der Waals surface area contributed by atoms with Gasteiger partial charge in [-0.1, -0.05) is 62.4 Å². The monoisotopic (exact) mass is 439 g/mol. The molecule has 0 fully saturated rings. The number of benzene rings is 2. The van der Waals surface area contributed by atoms with Gasteiger partial charge in [-0.05, 0) is 69.7 Å². The van der Waals surface area contributed by atoms with Gasteiger partial charge >= 0.3 is 12.1 Å². The highest BCUT2D eigenvalue weighted by molar-refractivity contribution is 5.81. The van der Waals surface area contributed by atoms with E-state index < -0.39 is 29.8 Å². The van der Waals surface area contributed by atoms with E-state index >= 15 is 0 Å². The van der Waals surface area contributed by atoms with Gasteiger partial charge in [0.25, 0.3) is 0 Å². The minimum absolute atomic E-state index is 0.121. The summed E-state index contributed by atoms with van der Waals surface area (Å²) in [5, 5.41) is 2.55. The van der Waals surface area contributed by atoms with E-state index in [0.717, 1.165) is 24.0 Å². The zero-order valence-corrected chi connectivity index (χ0v) is 20.4. The SMILES string of the molecule is CCc1ccc(C(c2ccc(CC)cc2)[C@H](C)OC(=O)[C@H](C)NC(=O)OC(C)(C)C)cc1. The lowest BCUT2D eigenvalue weighted by Crippen LogP contribution is -2.43. The van der Waals surface area contributed by atoms with Crippen LogP contribution in [-0.4, -0.2) is 29.8 Å². The Hall–Kier alpha value is -2.82. The fraction of sp³-hybridized carbons (Fsp3) is 0.481. The molecular weight excluding hydrogens is 402 g/mol. The minimum Gasteiger partial charge on any atom is -0.460 e. The average Bonchev–Trinajstić information content (AvgIpc) is 2.73. The molecule has 0 aliphatic heterocycles. The Kier molecular flexibility index (Phi) is 8.88. The number of ether oxygens (including phenoxy) is 2. The zero-order chi connectivity index (χ0) is 23.9. The molecule has 1 amide bonds. The van der Waals surface area contributed by atoms with Crippen molar-refractivity contribution in [3.8, 4) is 0 Å². The van der Waals surface area contributed by atoms with E-state index in [2.05, 4.69) is 67.7 Å². The first-order valence-corrected chi connectivity index (χ1v) is 11.4. The fourth-order valence-electron chi connectivity index (χ4n) is 3.55. The molecule has 2 aromatic carbocycles. The molecule has 0 saturated heterocycles. The van der Waals surface area contributed by atoms with Gasteiger partial charge in [-0.25, -0.2) is 9.59 Å². The number of carbonyl (C=O) groups excluding carboxylic acids is 2. The summed E-state index contributed by atoms with van der Waals surface area (Å²) in [6.07, 6.45) is 0.866. The standard InChI is InChI=1S/C27H37NO4/c1-8-20-10-14-22(15-11-20)24(23-16-12-21(9-2)13-17-23)19(4)31-25(29)18(3)28-26(30)32-27(5,6)7/h10-19,24H,8-9H2,1-7H3,(H,28,30)/t18-,19-/m0/s1. The molecule has 2 aromatic rings. The van der Waals surface area contributed by atoms with Crippen LogP contribution >= 0.6 is 0 Å². The lowest BCUT2D eigenvalue weighted by molar-refractivity contribution is -0.150. The average molecular weight is 440 g/mol. The molecule has 32 heavy (non-hydrogen) atoms. The summed E-state index contributed by atoms with van der Waals surface area (Å²) >= 11 is 0. The molecule has 2 rings (SSSR count). The molecule has 0 aliphatic rings. The van der Waals surface area contributed by atoms with Crippen molar-refractivity contribution in [1.82, 2.24) is 5.32 Å². The van der Waals surface area contributed by atoms with E-state index in [-0.39, 0.29) is 5.92 Å². The van der Waals surface area contributed by atoms with Crippen molar-refractivity contribution < 1.29 is 19.1 Å². The molecule has 174 valence electrons. The van der Waals surface area contributed by atoms with Crippen molar-refractivity contribution in [2.45, 2.75) is 85.0 Å². The highest BCUT2D eigenvalue weighted by Crippen LogP contribution is 2.31. The summed E-state index contributed by atoms with van der Waals surface area (Å²) in [5.41, 5.74) is 4.04. The van der Waals surface area contributed by atoms with Crippen LogP contribution in [0.2, 0.25) is 0 Å². The van der Waals surface area contributed by atoms with E-state index in [1.165, 1.54) is 11.1 Å². The summed E-state index contributed by atoms with van der Waals surface area (Å²) in [7, 11) is 0. The van der Waals surface area contributed by atoms with Crippen LogP contribution in [0.25, 0.3) is 0 Å². The van der Waals surface area contributed by atoms with Gasteiger partial charge < -0.3 is 14.8 Å². The predicted octanol–water partition coefficient (Wildman–Crippen LogP) is 5.79. The van der Waals surface area contributed by atoms with Crippen LogP contribution in [0.15, 0.2) is 48.5 Å². The Balaban J connectivity index is 2.20. The van der Waals surface area contributed by atoms with Gasteiger partial charge in [-0.15, -0.1) is 0 Å². The smallest absolute Gasteiger partial charge is 0.408 e. The number of nitrogens with one attached hydrogen (secondary N) is 1. The first-order valence-electron chi connectivity index (χ1n) is 11.4. The number of carbonyl (C=O) groups is 2. The van der Waals surface area contributed by atoms with Crippen LogP contribution in [0, 0.1) is 0 Å². The molecule has 0 bridgehead atoms. The van der Waals surface area contributed by atoms with Gasteiger partial charge in [0.05, 0.1) is 0 Å². The highest BCUT2D eigenvalue weighted by atomic mass is 16.6. The van der Waals surface area contributed by atoms with Crippen LogP contribution < -0.4 is 5.32 Å². The minimum atomic E-state index is -0.821. The van der Waals surface area contributed by atoms with Crippen molar-refractivity contribution in [3.05, 3.63) is 70.8 Å². The Morgan fingerprint density at radius 3 is 1.66 bits per heavy atom.